The lowest BCUT2D eigenvalue weighted by Gasteiger charge is -2.14. The van der Waals surface area contributed by atoms with Crippen molar-refractivity contribution in [1.82, 2.24) is 5.32 Å². The molecule has 0 spiro atoms. The van der Waals surface area contributed by atoms with E-state index < -0.39 is 0 Å². The molecule has 0 saturated carbocycles. The first-order chi connectivity index (χ1) is 10.7. The largest absolute Gasteiger partial charge is 0.493 e. The summed E-state index contributed by atoms with van der Waals surface area (Å²) < 4.78 is 10.9. The third kappa shape index (κ3) is 3.90. The lowest BCUT2D eigenvalue weighted by atomic mass is 10.1. The van der Waals surface area contributed by atoms with E-state index in [4.69, 9.17) is 9.47 Å². The van der Waals surface area contributed by atoms with Gasteiger partial charge >= 0.3 is 0 Å². The minimum absolute atomic E-state index is 0.761. The van der Waals surface area contributed by atoms with Gasteiger partial charge in [-0.25, -0.2) is 0 Å². The number of rotatable bonds is 8. The summed E-state index contributed by atoms with van der Waals surface area (Å²) in [6.45, 7) is 7.63. The van der Waals surface area contributed by atoms with Gasteiger partial charge in [-0.05, 0) is 42.0 Å². The number of allylic oxidation sites excluding steroid dienone is 1. The molecule has 1 heterocycles. The first-order valence-corrected chi connectivity index (χ1v) is 8.16. The van der Waals surface area contributed by atoms with E-state index in [1.54, 1.807) is 25.6 Å². The fourth-order valence-corrected chi connectivity index (χ4v) is 3.30. The van der Waals surface area contributed by atoms with Crippen LogP contribution in [0.1, 0.15) is 21.6 Å². The second kappa shape index (κ2) is 8.01. The van der Waals surface area contributed by atoms with Crippen LogP contribution in [0.3, 0.4) is 0 Å². The van der Waals surface area contributed by atoms with Crippen LogP contribution >= 0.6 is 11.3 Å². The molecule has 118 valence electrons. The van der Waals surface area contributed by atoms with E-state index in [2.05, 4.69) is 36.3 Å². The van der Waals surface area contributed by atoms with E-state index in [1.807, 2.05) is 12.1 Å². The van der Waals surface area contributed by atoms with Crippen LogP contribution in [0, 0.1) is 6.92 Å². The Kier molecular flexibility index (Phi) is 6.04. The molecule has 0 amide bonds. The maximum Gasteiger partial charge on any atom is 0.164 e. The molecule has 0 atom stereocenters. The van der Waals surface area contributed by atoms with Crippen molar-refractivity contribution in [3.63, 3.8) is 0 Å². The average Bonchev–Trinajstić information content (AvgIpc) is 2.92. The highest BCUT2D eigenvalue weighted by Crippen LogP contribution is 2.33. The number of thiophene rings is 1. The molecule has 1 N–H and O–H groups in total. The van der Waals surface area contributed by atoms with E-state index in [0.29, 0.717) is 0 Å². The van der Waals surface area contributed by atoms with Crippen molar-refractivity contribution in [3.05, 3.63) is 57.8 Å². The molecule has 0 unspecified atom stereocenters. The second-order valence-corrected chi connectivity index (χ2v) is 6.11. The Hall–Kier alpha value is -1.78. The van der Waals surface area contributed by atoms with E-state index >= 15 is 0 Å². The average molecular weight is 317 g/mol. The van der Waals surface area contributed by atoms with Crippen molar-refractivity contribution in [2.45, 2.75) is 26.4 Å². The van der Waals surface area contributed by atoms with E-state index in [1.165, 1.54) is 16.0 Å². The maximum absolute atomic E-state index is 5.46. The summed E-state index contributed by atoms with van der Waals surface area (Å²) >= 11 is 1.79. The van der Waals surface area contributed by atoms with Crippen molar-refractivity contribution in [3.8, 4) is 11.5 Å². The van der Waals surface area contributed by atoms with E-state index in [9.17, 15) is 0 Å². The van der Waals surface area contributed by atoms with Crippen LogP contribution in [0.5, 0.6) is 11.5 Å². The van der Waals surface area contributed by atoms with Gasteiger partial charge in [0.1, 0.15) is 0 Å². The number of hydrogen-bond acceptors (Lipinski definition) is 4. The summed E-state index contributed by atoms with van der Waals surface area (Å²) in [6.07, 6.45) is 2.64. The van der Waals surface area contributed by atoms with Crippen LogP contribution < -0.4 is 14.8 Å². The standard InChI is InChI=1S/C18H23NO2S/c1-5-6-15-9-14(10-16(20-3)18(15)21-4)11-19-12-17-13(2)7-8-22-17/h5,7-10,19H,1,6,11-12H2,2-4H3. The Morgan fingerprint density at radius 3 is 2.64 bits per heavy atom. The van der Waals surface area contributed by atoms with Crippen molar-refractivity contribution < 1.29 is 9.47 Å². The molecule has 0 aliphatic heterocycles. The molecular formula is C18H23NO2S. The van der Waals surface area contributed by atoms with Gasteiger partial charge in [0.15, 0.2) is 11.5 Å². The van der Waals surface area contributed by atoms with E-state index in [-0.39, 0.29) is 0 Å². The third-order valence-electron chi connectivity index (χ3n) is 3.56. The highest BCUT2D eigenvalue weighted by Gasteiger charge is 2.11. The van der Waals surface area contributed by atoms with Crippen molar-refractivity contribution >= 4 is 11.3 Å². The summed E-state index contributed by atoms with van der Waals surface area (Å²) in [5.41, 5.74) is 3.63. The summed E-state index contributed by atoms with van der Waals surface area (Å²) in [5, 5.41) is 5.62. The van der Waals surface area contributed by atoms with Gasteiger partial charge in [0.2, 0.25) is 0 Å². The number of methoxy groups -OCH3 is 2. The molecule has 1 aromatic carbocycles. The number of nitrogens with one attached hydrogen (secondary N) is 1. The quantitative estimate of drug-likeness (QED) is 0.744. The Labute approximate surface area is 136 Å². The number of aryl methyl sites for hydroxylation is 1. The van der Waals surface area contributed by atoms with Crippen LogP contribution in [0.4, 0.5) is 0 Å². The normalized spacial score (nSPS) is 10.5. The zero-order valence-electron chi connectivity index (χ0n) is 13.4. The lowest BCUT2D eigenvalue weighted by Crippen LogP contribution is -2.13. The van der Waals surface area contributed by atoms with Crippen LogP contribution in [0.2, 0.25) is 0 Å². The van der Waals surface area contributed by atoms with Crippen molar-refractivity contribution in [1.29, 1.82) is 0 Å². The molecule has 22 heavy (non-hydrogen) atoms. The number of ether oxygens (including phenoxy) is 2. The molecule has 0 aliphatic carbocycles. The molecule has 4 heteroatoms. The van der Waals surface area contributed by atoms with Gasteiger partial charge in [-0.15, -0.1) is 17.9 Å². The predicted molar refractivity (Wildman–Crippen MR) is 93.0 cm³/mol. The first-order valence-electron chi connectivity index (χ1n) is 7.28. The SMILES string of the molecule is C=CCc1cc(CNCc2sccc2C)cc(OC)c1OC. The minimum Gasteiger partial charge on any atom is -0.493 e. The maximum atomic E-state index is 5.46. The zero-order valence-corrected chi connectivity index (χ0v) is 14.3. The summed E-state index contributed by atoms with van der Waals surface area (Å²) in [6, 6.07) is 6.33. The molecule has 2 rings (SSSR count). The van der Waals surface area contributed by atoms with Crippen LogP contribution in [-0.2, 0) is 19.5 Å². The Morgan fingerprint density at radius 1 is 1.23 bits per heavy atom. The van der Waals surface area contributed by atoms with Crippen molar-refractivity contribution in [2.24, 2.45) is 0 Å². The summed E-state index contributed by atoms with van der Waals surface area (Å²) in [4.78, 5) is 1.38. The highest BCUT2D eigenvalue weighted by atomic mass is 32.1. The Bertz CT molecular complexity index is 634. The molecule has 0 radical (unpaired) electrons. The molecular weight excluding hydrogens is 294 g/mol. The molecule has 1 aromatic heterocycles. The Balaban J connectivity index is 2.11. The molecule has 0 saturated heterocycles. The van der Waals surface area contributed by atoms with E-state index in [0.717, 1.165) is 36.6 Å². The second-order valence-electron chi connectivity index (χ2n) is 5.11. The summed E-state index contributed by atoms with van der Waals surface area (Å²) in [5.74, 6) is 1.56. The fourth-order valence-electron chi connectivity index (χ4n) is 2.42. The summed E-state index contributed by atoms with van der Waals surface area (Å²) in [7, 11) is 3.34. The molecule has 3 nitrogen and oxygen atoms in total. The third-order valence-corrected chi connectivity index (χ3v) is 4.59. The smallest absolute Gasteiger partial charge is 0.164 e. The molecule has 0 aliphatic rings. The van der Waals surface area contributed by atoms with Gasteiger partial charge in [-0.2, -0.15) is 0 Å². The first kappa shape index (κ1) is 16.6. The van der Waals surface area contributed by atoms with Gasteiger partial charge in [0.05, 0.1) is 14.2 Å². The molecule has 0 fully saturated rings. The number of hydrogen-bond donors (Lipinski definition) is 1. The zero-order chi connectivity index (χ0) is 15.9. The van der Waals surface area contributed by atoms with Crippen LogP contribution in [-0.4, -0.2) is 14.2 Å². The van der Waals surface area contributed by atoms with Gasteiger partial charge in [0, 0.05) is 23.5 Å². The van der Waals surface area contributed by atoms with Gasteiger partial charge in [0.25, 0.3) is 0 Å². The predicted octanol–water partition coefficient (Wildman–Crippen LogP) is 4.09. The molecule has 0 bridgehead atoms. The van der Waals surface area contributed by atoms with Crippen LogP contribution in [0.25, 0.3) is 0 Å². The Morgan fingerprint density at radius 2 is 2.05 bits per heavy atom. The lowest BCUT2D eigenvalue weighted by molar-refractivity contribution is 0.351. The molecule has 2 aromatic rings. The number of benzene rings is 1. The van der Waals surface area contributed by atoms with Gasteiger partial charge < -0.3 is 14.8 Å². The fraction of sp³-hybridized carbons (Fsp3) is 0.333. The van der Waals surface area contributed by atoms with Gasteiger partial charge in [-0.1, -0.05) is 12.1 Å². The van der Waals surface area contributed by atoms with Crippen molar-refractivity contribution in [2.75, 3.05) is 14.2 Å². The van der Waals surface area contributed by atoms with Crippen LogP contribution in [0.15, 0.2) is 36.2 Å². The topological polar surface area (TPSA) is 30.5 Å². The van der Waals surface area contributed by atoms with Gasteiger partial charge in [-0.3, -0.25) is 0 Å². The highest BCUT2D eigenvalue weighted by molar-refractivity contribution is 7.10. The monoisotopic (exact) mass is 317 g/mol. The minimum atomic E-state index is 0.761.